The minimum atomic E-state index is -0.395. The quantitative estimate of drug-likeness (QED) is 0.448. The molecule has 1 aliphatic heterocycles. The summed E-state index contributed by atoms with van der Waals surface area (Å²) < 4.78 is 0. The Bertz CT molecular complexity index is 1290. The van der Waals surface area contributed by atoms with Crippen LogP contribution in [0.4, 0.5) is 5.13 Å². The molecule has 0 fully saturated rings. The van der Waals surface area contributed by atoms with Gasteiger partial charge >= 0.3 is 0 Å². The van der Waals surface area contributed by atoms with Crippen LogP contribution in [0.2, 0.25) is 0 Å². The van der Waals surface area contributed by atoms with Crippen LogP contribution in [0.1, 0.15) is 67.5 Å². The summed E-state index contributed by atoms with van der Waals surface area (Å²) in [6.07, 6.45) is 1.61. The highest BCUT2D eigenvalue weighted by molar-refractivity contribution is 7.18. The van der Waals surface area contributed by atoms with Crippen molar-refractivity contribution in [1.29, 1.82) is 0 Å². The van der Waals surface area contributed by atoms with E-state index in [0.717, 1.165) is 33.2 Å². The number of hydrogen-bond acceptors (Lipinski definition) is 7. The van der Waals surface area contributed by atoms with Crippen LogP contribution in [-0.2, 0) is 11.3 Å². The largest absolute Gasteiger partial charge is 0.351 e. The summed E-state index contributed by atoms with van der Waals surface area (Å²) in [5.74, 6) is -1.15. The van der Waals surface area contributed by atoms with E-state index in [0.29, 0.717) is 29.3 Å². The Balaban J connectivity index is 1.49. The van der Waals surface area contributed by atoms with Gasteiger partial charge < -0.3 is 5.32 Å². The van der Waals surface area contributed by atoms with E-state index in [4.69, 9.17) is 0 Å². The molecule has 0 unspecified atom stereocenters. The summed E-state index contributed by atoms with van der Waals surface area (Å²) >= 11 is 2.89. The number of fused-ring (bicyclic) bond motifs is 1. The van der Waals surface area contributed by atoms with Gasteiger partial charge in [0.2, 0.25) is 5.91 Å². The van der Waals surface area contributed by atoms with Gasteiger partial charge in [-0.2, -0.15) is 0 Å². The monoisotopic (exact) mass is 496 g/mol. The average Bonchev–Trinajstić information content (AvgIpc) is 3.48. The maximum atomic E-state index is 12.9. The molecule has 0 aliphatic carbocycles. The molecular weight excluding hydrogens is 472 g/mol. The molecule has 8 nitrogen and oxygen atoms in total. The van der Waals surface area contributed by atoms with E-state index in [9.17, 15) is 19.2 Å². The van der Waals surface area contributed by atoms with Crippen LogP contribution in [0.15, 0.2) is 30.3 Å². The molecule has 0 bridgehead atoms. The number of aromatic nitrogens is 1. The molecule has 3 aromatic rings. The Morgan fingerprint density at radius 1 is 1.06 bits per heavy atom. The number of nitrogens with zero attached hydrogens (tertiary/aromatic N) is 2. The minimum Gasteiger partial charge on any atom is -0.351 e. The Labute approximate surface area is 205 Å². The van der Waals surface area contributed by atoms with E-state index < -0.39 is 5.91 Å². The Morgan fingerprint density at radius 3 is 2.56 bits per heavy atom. The normalized spacial score (nSPS) is 12.7. The number of amides is 4. The zero-order valence-corrected chi connectivity index (χ0v) is 20.7. The van der Waals surface area contributed by atoms with Gasteiger partial charge in [-0.25, -0.2) is 4.98 Å². The highest BCUT2D eigenvalue weighted by atomic mass is 32.1. The first-order chi connectivity index (χ1) is 16.3. The van der Waals surface area contributed by atoms with Crippen molar-refractivity contribution in [2.24, 2.45) is 0 Å². The van der Waals surface area contributed by atoms with Gasteiger partial charge in [0.15, 0.2) is 5.13 Å². The predicted molar refractivity (Wildman–Crippen MR) is 132 cm³/mol. The summed E-state index contributed by atoms with van der Waals surface area (Å²) in [7, 11) is 0. The van der Waals surface area contributed by atoms with Crippen LogP contribution < -0.4 is 10.6 Å². The van der Waals surface area contributed by atoms with E-state index in [1.807, 2.05) is 26.0 Å². The van der Waals surface area contributed by atoms with Crippen LogP contribution in [0.5, 0.6) is 0 Å². The highest BCUT2D eigenvalue weighted by Crippen LogP contribution is 2.35. The Kier molecular flexibility index (Phi) is 6.90. The molecule has 4 amide bonds. The fourth-order valence-electron chi connectivity index (χ4n) is 3.61. The Morgan fingerprint density at radius 2 is 1.82 bits per heavy atom. The number of hydrogen-bond donors (Lipinski definition) is 2. The van der Waals surface area contributed by atoms with Crippen molar-refractivity contribution in [3.8, 4) is 10.6 Å². The second-order valence-corrected chi connectivity index (χ2v) is 10.3. The molecule has 176 valence electrons. The molecule has 0 saturated heterocycles. The van der Waals surface area contributed by atoms with Crippen LogP contribution in [0.3, 0.4) is 0 Å². The SMILES string of the molecule is CCCCN1C(=O)c2ccc(C(=O)Nc3nc(-c4ccc(CNC(C)=O)s4)c(C)s3)cc2C1=O. The summed E-state index contributed by atoms with van der Waals surface area (Å²) in [6.45, 7) is 6.24. The number of thiazole rings is 1. The molecule has 2 N–H and O–H groups in total. The van der Waals surface area contributed by atoms with Crippen molar-refractivity contribution in [3.63, 3.8) is 0 Å². The van der Waals surface area contributed by atoms with E-state index in [2.05, 4.69) is 15.6 Å². The van der Waals surface area contributed by atoms with Crippen LogP contribution in [0.25, 0.3) is 10.6 Å². The molecule has 34 heavy (non-hydrogen) atoms. The van der Waals surface area contributed by atoms with E-state index >= 15 is 0 Å². The number of thiophene rings is 1. The summed E-state index contributed by atoms with van der Waals surface area (Å²) in [6, 6.07) is 8.46. The molecule has 10 heteroatoms. The molecule has 4 rings (SSSR count). The number of benzene rings is 1. The maximum Gasteiger partial charge on any atom is 0.261 e. The lowest BCUT2D eigenvalue weighted by Gasteiger charge is -2.12. The molecule has 3 heterocycles. The molecule has 2 aromatic heterocycles. The molecule has 1 aromatic carbocycles. The van der Waals surface area contributed by atoms with Crippen LogP contribution in [-0.4, -0.2) is 40.1 Å². The number of nitrogens with one attached hydrogen (secondary N) is 2. The van der Waals surface area contributed by atoms with Crippen molar-refractivity contribution in [2.75, 3.05) is 11.9 Å². The van der Waals surface area contributed by atoms with Crippen molar-refractivity contribution >= 4 is 51.4 Å². The van der Waals surface area contributed by atoms with Crippen LogP contribution in [0, 0.1) is 6.92 Å². The number of carbonyl (C=O) groups excluding carboxylic acids is 4. The van der Waals surface area contributed by atoms with Gasteiger partial charge in [-0.1, -0.05) is 13.3 Å². The zero-order chi connectivity index (χ0) is 24.4. The first kappa shape index (κ1) is 23.8. The standard InChI is InChI=1S/C24H24N4O4S2/c1-4-5-10-28-22(31)17-8-6-15(11-18(17)23(28)32)21(30)27-24-26-20(13(2)33-24)19-9-7-16(34-19)12-25-14(3)29/h6-9,11H,4-5,10,12H2,1-3H3,(H,25,29)(H,26,27,30). The number of imide groups is 1. The smallest absolute Gasteiger partial charge is 0.261 e. The Hall–Kier alpha value is -3.37. The highest BCUT2D eigenvalue weighted by Gasteiger charge is 2.35. The maximum absolute atomic E-state index is 12.9. The van der Waals surface area contributed by atoms with E-state index in [-0.39, 0.29) is 23.3 Å². The third-order valence-electron chi connectivity index (χ3n) is 5.39. The lowest BCUT2D eigenvalue weighted by atomic mass is 10.1. The van der Waals surface area contributed by atoms with Crippen molar-refractivity contribution in [3.05, 3.63) is 56.8 Å². The molecular formula is C24H24N4O4S2. The predicted octanol–water partition coefficient (Wildman–Crippen LogP) is 4.46. The topological polar surface area (TPSA) is 108 Å². The summed E-state index contributed by atoms with van der Waals surface area (Å²) in [4.78, 5) is 57.9. The molecule has 1 aliphatic rings. The number of aryl methyl sites for hydroxylation is 1. The second-order valence-electron chi connectivity index (χ2n) is 7.93. The number of carbonyl (C=O) groups is 4. The third-order valence-corrected chi connectivity index (χ3v) is 7.37. The van der Waals surface area contributed by atoms with Crippen molar-refractivity contribution in [1.82, 2.24) is 15.2 Å². The first-order valence-corrected chi connectivity index (χ1v) is 12.5. The zero-order valence-electron chi connectivity index (χ0n) is 19.1. The fourth-order valence-corrected chi connectivity index (χ4v) is 5.49. The lowest BCUT2D eigenvalue weighted by molar-refractivity contribution is -0.119. The van der Waals surface area contributed by atoms with E-state index in [1.54, 1.807) is 6.07 Å². The van der Waals surface area contributed by atoms with Gasteiger partial charge in [-0.05, 0) is 43.7 Å². The molecule has 0 atom stereocenters. The van der Waals surface area contributed by atoms with Gasteiger partial charge in [0.1, 0.15) is 0 Å². The van der Waals surface area contributed by atoms with Gasteiger partial charge in [0, 0.05) is 28.8 Å². The number of unbranched alkanes of at least 4 members (excludes halogenated alkanes) is 1. The molecule has 0 radical (unpaired) electrons. The van der Waals surface area contributed by atoms with Gasteiger partial charge in [-0.15, -0.1) is 22.7 Å². The lowest BCUT2D eigenvalue weighted by Crippen LogP contribution is -2.30. The third kappa shape index (κ3) is 4.78. The fraction of sp³-hybridized carbons (Fsp3) is 0.292. The van der Waals surface area contributed by atoms with Crippen molar-refractivity contribution in [2.45, 2.75) is 40.2 Å². The first-order valence-electron chi connectivity index (χ1n) is 10.9. The average molecular weight is 497 g/mol. The van der Waals surface area contributed by atoms with Crippen molar-refractivity contribution < 1.29 is 19.2 Å². The summed E-state index contributed by atoms with van der Waals surface area (Å²) in [5.41, 5.74) is 1.66. The van der Waals surface area contributed by atoms with Gasteiger partial charge in [-0.3, -0.25) is 29.4 Å². The van der Waals surface area contributed by atoms with E-state index in [1.165, 1.54) is 46.6 Å². The molecule has 0 spiro atoms. The van der Waals surface area contributed by atoms with Gasteiger partial charge in [0.05, 0.1) is 28.2 Å². The van der Waals surface area contributed by atoms with Crippen LogP contribution >= 0.6 is 22.7 Å². The van der Waals surface area contributed by atoms with Gasteiger partial charge in [0.25, 0.3) is 17.7 Å². The second kappa shape index (κ2) is 9.86. The molecule has 0 saturated carbocycles. The number of rotatable bonds is 8. The summed E-state index contributed by atoms with van der Waals surface area (Å²) in [5, 5.41) is 6.03. The minimum absolute atomic E-state index is 0.0870. The number of anilines is 1.